The molecule has 0 unspecified atom stereocenters. The second-order valence-corrected chi connectivity index (χ2v) is 13.8. The van der Waals surface area contributed by atoms with Gasteiger partial charge in [-0.3, -0.25) is 0 Å². The van der Waals surface area contributed by atoms with Crippen LogP contribution >= 0.6 is 0 Å². The molecule has 0 saturated carbocycles. The second-order valence-electron chi connectivity index (χ2n) is 13.8. The van der Waals surface area contributed by atoms with Gasteiger partial charge in [-0.2, -0.15) is 0 Å². The van der Waals surface area contributed by atoms with Gasteiger partial charge in [0, 0.05) is 55.1 Å². The number of benzene rings is 8. The van der Waals surface area contributed by atoms with Gasteiger partial charge in [0.05, 0.1) is 36.4 Å². The molecule has 0 saturated heterocycles. The van der Waals surface area contributed by atoms with Gasteiger partial charge in [0.1, 0.15) is 22.3 Å². The van der Waals surface area contributed by atoms with Crippen LogP contribution in [0.15, 0.2) is 188 Å². The van der Waals surface area contributed by atoms with Crippen molar-refractivity contribution >= 4 is 110 Å². The minimum Gasteiger partial charge on any atom is -0.464 e. The molecule has 12 aromatic rings. The third kappa shape index (κ3) is 4.28. The fourth-order valence-electron chi connectivity index (χ4n) is 8.39. The second kappa shape index (κ2) is 11.0. The first-order valence-electron chi connectivity index (χ1n) is 17.9. The summed E-state index contributed by atoms with van der Waals surface area (Å²) in [6.45, 7) is 0. The topological polar surface area (TPSA) is 59.0 Å². The number of nitrogens with zero attached hydrogens (tertiary/aromatic N) is 2. The molecule has 0 aliphatic rings. The first-order valence-corrected chi connectivity index (χ1v) is 17.9. The highest BCUT2D eigenvalue weighted by atomic mass is 16.3. The summed E-state index contributed by atoms with van der Waals surface area (Å²) in [5.74, 6) is 0. The third-order valence-corrected chi connectivity index (χ3v) is 10.9. The molecular weight excluding hydrogens is 669 g/mol. The van der Waals surface area contributed by atoms with E-state index >= 15 is 0 Å². The summed E-state index contributed by atoms with van der Waals surface area (Å²) < 4.78 is 23.0. The summed E-state index contributed by atoms with van der Waals surface area (Å²) in [4.78, 5) is 4.69. The van der Waals surface area contributed by atoms with Gasteiger partial charge in [-0.05, 0) is 131 Å². The van der Waals surface area contributed by atoms with Crippen LogP contribution in [-0.2, 0) is 0 Å². The molecule has 4 heterocycles. The average molecular weight is 697 g/mol. The molecule has 0 bridgehead atoms. The summed E-state index contributed by atoms with van der Waals surface area (Å²) in [6, 6.07) is 51.6. The Morgan fingerprint density at radius 2 is 0.593 bits per heavy atom. The van der Waals surface area contributed by atoms with Crippen LogP contribution in [-0.4, -0.2) is 0 Å². The van der Waals surface area contributed by atoms with Crippen molar-refractivity contribution in [1.82, 2.24) is 0 Å². The molecule has 54 heavy (non-hydrogen) atoms. The fraction of sp³-hybridized carbons (Fsp3) is 0. The lowest BCUT2D eigenvalue weighted by Gasteiger charge is -2.29. The lowest BCUT2D eigenvalue weighted by molar-refractivity contribution is 0.615. The van der Waals surface area contributed by atoms with E-state index < -0.39 is 0 Å². The predicted octanol–water partition coefficient (Wildman–Crippen LogP) is 14.5. The van der Waals surface area contributed by atoms with Gasteiger partial charge in [0.2, 0.25) is 0 Å². The molecular formula is C48H28N2O4. The van der Waals surface area contributed by atoms with Crippen LogP contribution in [0.3, 0.4) is 0 Å². The molecule has 254 valence electrons. The fourth-order valence-corrected chi connectivity index (χ4v) is 8.39. The van der Waals surface area contributed by atoms with Crippen molar-refractivity contribution in [3.8, 4) is 0 Å². The molecule has 0 radical (unpaired) electrons. The summed E-state index contributed by atoms with van der Waals surface area (Å²) in [5.41, 5.74) is 9.75. The SMILES string of the molecule is c1cc2cc(N(c3ccc4occc4c3)c3ccc4ccc5c(N(c6ccc7occc7c6)c6ccc7occc7c6)ccc6ccc3c4c65)ccc2o1. The maximum Gasteiger partial charge on any atom is 0.133 e. The van der Waals surface area contributed by atoms with Gasteiger partial charge >= 0.3 is 0 Å². The van der Waals surface area contributed by atoms with Gasteiger partial charge < -0.3 is 27.5 Å². The van der Waals surface area contributed by atoms with Crippen LogP contribution in [0, 0.1) is 0 Å². The summed E-state index contributed by atoms with van der Waals surface area (Å²) >= 11 is 0. The van der Waals surface area contributed by atoms with E-state index in [1.807, 2.05) is 48.5 Å². The molecule has 4 aromatic heterocycles. The zero-order valence-corrected chi connectivity index (χ0v) is 28.7. The van der Waals surface area contributed by atoms with Crippen LogP contribution < -0.4 is 9.80 Å². The number of fused-ring (bicyclic) bond motifs is 4. The molecule has 0 amide bonds. The number of rotatable bonds is 6. The number of anilines is 6. The van der Waals surface area contributed by atoms with E-state index in [0.717, 1.165) is 88.8 Å². The van der Waals surface area contributed by atoms with Gasteiger partial charge in [-0.25, -0.2) is 0 Å². The predicted molar refractivity (Wildman–Crippen MR) is 219 cm³/mol. The molecule has 8 aromatic carbocycles. The quantitative estimate of drug-likeness (QED) is 0.161. The highest BCUT2D eigenvalue weighted by molar-refractivity contribution is 6.28. The molecule has 0 atom stereocenters. The summed E-state index contributed by atoms with van der Waals surface area (Å²) in [7, 11) is 0. The lowest BCUT2D eigenvalue weighted by Crippen LogP contribution is -2.11. The molecule has 0 aliphatic heterocycles. The Kier molecular flexibility index (Phi) is 5.96. The first kappa shape index (κ1) is 29.2. The zero-order valence-electron chi connectivity index (χ0n) is 28.7. The highest BCUT2D eigenvalue weighted by Crippen LogP contribution is 2.48. The van der Waals surface area contributed by atoms with E-state index in [-0.39, 0.29) is 0 Å². The highest BCUT2D eigenvalue weighted by Gasteiger charge is 2.23. The van der Waals surface area contributed by atoms with E-state index in [1.165, 1.54) is 21.5 Å². The van der Waals surface area contributed by atoms with E-state index in [2.05, 4.69) is 107 Å². The van der Waals surface area contributed by atoms with Crippen LogP contribution in [0.4, 0.5) is 34.1 Å². The van der Waals surface area contributed by atoms with Crippen LogP contribution in [0.25, 0.3) is 76.2 Å². The number of hydrogen-bond donors (Lipinski definition) is 0. The Balaban J connectivity index is 1.12. The standard InChI is InChI=1S/C48H28N2O4/c1-9-39-41(49(35-5-13-43-31(25-35)17-21-51-43)36-6-14-44-32(26-36)18-22-52-44)12-4-30-2-10-40-42(11-3-29(1)47(40)48(30)39)50(37-7-15-45-33(27-37)19-23-53-45)38-8-16-46-34(28-38)20-24-54-46/h1-28H. The Labute approximate surface area is 307 Å². The first-order chi connectivity index (χ1) is 26.7. The van der Waals surface area contributed by atoms with Crippen LogP contribution in [0.5, 0.6) is 0 Å². The molecule has 0 spiro atoms. The van der Waals surface area contributed by atoms with Crippen molar-refractivity contribution < 1.29 is 17.7 Å². The average Bonchev–Trinajstić information content (AvgIpc) is 4.05. The van der Waals surface area contributed by atoms with Gasteiger partial charge in [-0.1, -0.05) is 36.4 Å². The van der Waals surface area contributed by atoms with E-state index in [1.54, 1.807) is 25.1 Å². The lowest BCUT2D eigenvalue weighted by atomic mass is 9.91. The summed E-state index contributed by atoms with van der Waals surface area (Å²) in [6.07, 6.45) is 6.98. The number of furan rings is 4. The van der Waals surface area contributed by atoms with Crippen molar-refractivity contribution in [2.24, 2.45) is 0 Å². The van der Waals surface area contributed by atoms with Gasteiger partial charge in [0.15, 0.2) is 0 Å². The van der Waals surface area contributed by atoms with Gasteiger partial charge in [0.25, 0.3) is 0 Å². The van der Waals surface area contributed by atoms with E-state index in [0.29, 0.717) is 0 Å². The van der Waals surface area contributed by atoms with Crippen LogP contribution in [0.1, 0.15) is 0 Å². The van der Waals surface area contributed by atoms with E-state index in [9.17, 15) is 0 Å². The van der Waals surface area contributed by atoms with E-state index in [4.69, 9.17) is 17.7 Å². The maximum absolute atomic E-state index is 5.74. The molecule has 6 heteroatoms. The summed E-state index contributed by atoms with van der Waals surface area (Å²) in [5, 5.41) is 11.3. The smallest absolute Gasteiger partial charge is 0.133 e. The van der Waals surface area contributed by atoms with Gasteiger partial charge in [-0.15, -0.1) is 0 Å². The Morgan fingerprint density at radius 1 is 0.278 bits per heavy atom. The minimum absolute atomic E-state index is 0.857. The molecule has 0 N–H and O–H groups in total. The Bertz CT molecular complexity index is 3010. The van der Waals surface area contributed by atoms with Crippen molar-refractivity contribution in [3.05, 3.63) is 171 Å². The zero-order chi connectivity index (χ0) is 35.3. The normalized spacial score (nSPS) is 12.1. The minimum atomic E-state index is 0.857. The third-order valence-electron chi connectivity index (χ3n) is 10.9. The Hall–Kier alpha value is -7.44. The largest absolute Gasteiger partial charge is 0.464 e. The van der Waals surface area contributed by atoms with Crippen molar-refractivity contribution in [2.45, 2.75) is 0 Å². The number of hydrogen-bond acceptors (Lipinski definition) is 6. The van der Waals surface area contributed by atoms with Crippen LogP contribution in [0.2, 0.25) is 0 Å². The van der Waals surface area contributed by atoms with Crippen molar-refractivity contribution in [2.75, 3.05) is 9.80 Å². The molecule has 6 nitrogen and oxygen atoms in total. The molecule has 12 rings (SSSR count). The maximum atomic E-state index is 5.74. The van der Waals surface area contributed by atoms with Crippen molar-refractivity contribution in [3.63, 3.8) is 0 Å². The molecule has 0 aliphatic carbocycles. The Morgan fingerprint density at radius 3 is 0.926 bits per heavy atom. The van der Waals surface area contributed by atoms with Crippen molar-refractivity contribution in [1.29, 1.82) is 0 Å². The molecule has 0 fully saturated rings. The monoisotopic (exact) mass is 696 g/mol.